The van der Waals surface area contributed by atoms with Crippen molar-refractivity contribution in [2.45, 2.75) is 44.6 Å². The number of piperidine rings is 1. The Morgan fingerprint density at radius 2 is 1.82 bits per heavy atom. The minimum absolute atomic E-state index is 0.168. The van der Waals surface area contributed by atoms with Crippen LogP contribution in [0.15, 0.2) is 57.8 Å². The summed E-state index contributed by atoms with van der Waals surface area (Å²) >= 11 is 0. The second-order valence-corrected chi connectivity index (χ2v) is 10.4. The quantitative estimate of drug-likeness (QED) is 0.494. The summed E-state index contributed by atoms with van der Waals surface area (Å²) in [4.78, 5) is 12.7. The van der Waals surface area contributed by atoms with Crippen LogP contribution >= 0.6 is 0 Å². The number of sulfonamides is 1. The highest BCUT2D eigenvalue weighted by molar-refractivity contribution is 7.89. The van der Waals surface area contributed by atoms with Gasteiger partial charge in [-0.05, 0) is 69.0 Å². The van der Waals surface area contributed by atoms with Crippen molar-refractivity contribution in [2.24, 2.45) is 5.92 Å². The van der Waals surface area contributed by atoms with Gasteiger partial charge < -0.3 is 9.15 Å². The smallest absolute Gasteiger partial charge is 0.338 e. The third kappa shape index (κ3) is 5.15. The molecule has 2 aromatic carbocycles. The van der Waals surface area contributed by atoms with Crippen LogP contribution in [0.3, 0.4) is 0 Å². The molecule has 8 nitrogen and oxygen atoms in total. The first-order chi connectivity index (χ1) is 15.7. The Balaban J connectivity index is 1.42. The van der Waals surface area contributed by atoms with Crippen molar-refractivity contribution in [3.05, 3.63) is 65.5 Å². The fourth-order valence-corrected chi connectivity index (χ4v) is 5.18. The summed E-state index contributed by atoms with van der Waals surface area (Å²) in [7, 11) is -3.57. The van der Waals surface area contributed by atoms with Crippen LogP contribution in [0, 0.1) is 12.8 Å². The topological polar surface area (TPSA) is 103 Å². The second kappa shape index (κ2) is 9.44. The number of nitrogens with zero attached hydrogens (tertiary/aromatic N) is 3. The highest BCUT2D eigenvalue weighted by Gasteiger charge is 2.28. The van der Waals surface area contributed by atoms with E-state index in [2.05, 4.69) is 17.1 Å². The first-order valence-corrected chi connectivity index (χ1v) is 12.4. The van der Waals surface area contributed by atoms with Crippen molar-refractivity contribution in [1.29, 1.82) is 0 Å². The Morgan fingerprint density at radius 1 is 1.12 bits per heavy atom. The van der Waals surface area contributed by atoms with Crippen LogP contribution in [0.5, 0.6) is 0 Å². The molecule has 1 aliphatic heterocycles. The molecule has 1 aromatic heterocycles. The molecule has 1 saturated heterocycles. The number of carbonyl (C=O) groups is 1. The molecule has 1 fully saturated rings. The highest BCUT2D eigenvalue weighted by atomic mass is 32.2. The third-order valence-electron chi connectivity index (χ3n) is 5.81. The minimum Gasteiger partial charge on any atom is -0.449 e. The van der Waals surface area contributed by atoms with Gasteiger partial charge in [0.25, 0.3) is 5.89 Å². The maximum atomic E-state index is 12.9. The van der Waals surface area contributed by atoms with E-state index < -0.39 is 22.1 Å². The number of esters is 1. The molecular weight excluding hydrogens is 442 g/mol. The largest absolute Gasteiger partial charge is 0.449 e. The zero-order valence-corrected chi connectivity index (χ0v) is 19.7. The number of carbonyl (C=O) groups excluding carboxylic acids is 1. The van der Waals surface area contributed by atoms with Gasteiger partial charge in [-0.3, -0.25) is 0 Å². The molecule has 9 heteroatoms. The van der Waals surface area contributed by atoms with E-state index in [-0.39, 0.29) is 16.3 Å². The number of hydrogen-bond acceptors (Lipinski definition) is 7. The lowest BCUT2D eigenvalue weighted by Crippen LogP contribution is -2.37. The maximum Gasteiger partial charge on any atom is 0.338 e. The monoisotopic (exact) mass is 469 g/mol. The summed E-state index contributed by atoms with van der Waals surface area (Å²) in [5, 5.41) is 8.03. The predicted octanol–water partition coefficient (Wildman–Crippen LogP) is 4.38. The van der Waals surface area contributed by atoms with E-state index in [1.54, 1.807) is 6.92 Å². The molecule has 1 unspecified atom stereocenters. The zero-order valence-electron chi connectivity index (χ0n) is 18.9. The summed E-state index contributed by atoms with van der Waals surface area (Å²) in [5.41, 5.74) is 2.09. The van der Waals surface area contributed by atoms with Crippen LogP contribution in [-0.4, -0.2) is 42.0 Å². The molecule has 174 valence electrons. The molecule has 0 spiro atoms. The lowest BCUT2D eigenvalue weighted by atomic mass is 10.0. The first-order valence-electron chi connectivity index (χ1n) is 11.0. The van der Waals surface area contributed by atoms with Crippen molar-refractivity contribution >= 4 is 16.0 Å². The molecule has 0 N–H and O–H groups in total. The van der Waals surface area contributed by atoms with E-state index in [0.29, 0.717) is 24.9 Å². The van der Waals surface area contributed by atoms with Crippen LogP contribution in [0.2, 0.25) is 0 Å². The summed E-state index contributed by atoms with van der Waals surface area (Å²) in [5.74, 6) is 0.451. The Morgan fingerprint density at radius 3 is 2.48 bits per heavy atom. The van der Waals surface area contributed by atoms with E-state index in [4.69, 9.17) is 9.15 Å². The molecule has 0 aliphatic carbocycles. The van der Waals surface area contributed by atoms with E-state index in [1.807, 2.05) is 31.2 Å². The molecule has 2 heterocycles. The zero-order chi connectivity index (χ0) is 23.6. The second-order valence-electron chi connectivity index (χ2n) is 8.47. The first kappa shape index (κ1) is 23.1. The van der Waals surface area contributed by atoms with E-state index >= 15 is 0 Å². The Labute approximate surface area is 193 Å². The third-order valence-corrected chi connectivity index (χ3v) is 7.72. The van der Waals surface area contributed by atoms with Crippen molar-refractivity contribution in [2.75, 3.05) is 13.1 Å². The summed E-state index contributed by atoms with van der Waals surface area (Å²) in [6, 6.07) is 13.5. The van der Waals surface area contributed by atoms with Crippen molar-refractivity contribution < 1.29 is 22.4 Å². The van der Waals surface area contributed by atoms with Crippen LogP contribution in [-0.2, 0) is 14.8 Å². The molecule has 1 atom stereocenters. The normalized spacial score (nSPS) is 16.5. The number of ether oxygens (including phenoxy) is 1. The average molecular weight is 470 g/mol. The summed E-state index contributed by atoms with van der Waals surface area (Å²) in [6.45, 7) is 6.76. The fraction of sp³-hybridized carbons (Fsp3) is 0.375. The van der Waals surface area contributed by atoms with Crippen molar-refractivity contribution in [1.82, 2.24) is 14.5 Å². The molecule has 4 rings (SSSR count). The van der Waals surface area contributed by atoms with E-state index in [0.717, 1.165) is 24.0 Å². The van der Waals surface area contributed by atoms with Crippen molar-refractivity contribution in [3.63, 3.8) is 0 Å². The molecular formula is C24H27N3O5S. The summed E-state index contributed by atoms with van der Waals surface area (Å²) in [6.07, 6.45) is 0.938. The van der Waals surface area contributed by atoms with Crippen LogP contribution in [0.4, 0.5) is 0 Å². The van der Waals surface area contributed by atoms with Crippen LogP contribution in [0.1, 0.15) is 54.6 Å². The van der Waals surface area contributed by atoms with Crippen molar-refractivity contribution in [3.8, 4) is 11.5 Å². The lowest BCUT2D eigenvalue weighted by Gasteiger charge is -2.29. The fourth-order valence-electron chi connectivity index (χ4n) is 3.71. The Hall–Kier alpha value is -3.04. The minimum atomic E-state index is -3.57. The molecule has 1 aliphatic rings. The number of hydrogen-bond donors (Lipinski definition) is 0. The lowest BCUT2D eigenvalue weighted by molar-refractivity contribution is 0.0279. The van der Waals surface area contributed by atoms with Gasteiger partial charge in [0.1, 0.15) is 0 Å². The Bertz CT molecular complexity index is 1230. The average Bonchev–Trinajstić information content (AvgIpc) is 3.30. The number of benzene rings is 2. The van der Waals surface area contributed by atoms with Crippen LogP contribution < -0.4 is 0 Å². The van der Waals surface area contributed by atoms with E-state index in [9.17, 15) is 13.2 Å². The van der Waals surface area contributed by atoms with Gasteiger partial charge in [-0.2, -0.15) is 4.31 Å². The van der Waals surface area contributed by atoms with Gasteiger partial charge in [0.2, 0.25) is 15.9 Å². The summed E-state index contributed by atoms with van der Waals surface area (Å²) < 4.78 is 38.4. The molecule has 0 bridgehead atoms. The predicted molar refractivity (Wildman–Crippen MR) is 122 cm³/mol. The van der Waals surface area contributed by atoms with Gasteiger partial charge in [0.05, 0.1) is 10.5 Å². The van der Waals surface area contributed by atoms with Gasteiger partial charge >= 0.3 is 5.97 Å². The van der Waals surface area contributed by atoms with Crippen LogP contribution in [0.25, 0.3) is 11.5 Å². The molecule has 0 saturated carbocycles. The number of aryl methyl sites for hydroxylation is 1. The highest BCUT2D eigenvalue weighted by Crippen LogP contribution is 2.26. The SMILES string of the molecule is Cc1cccc(-c2nnc(C(C)OC(=O)c3ccc(S(=O)(=O)N4CCC(C)CC4)cc3)o2)c1. The van der Waals surface area contributed by atoms with Gasteiger partial charge in [-0.15, -0.1) is 10.2 Å². The number of aromatic nitrogens is 2. The van der Waals surface area contributed by atoms with Gasteiger partial charge in [0, 0.05) is 18.7 Å². The molecule has 0 radical (unpaired) electrons. The van der Waals surface area contributed by atoms with Gasteiger partial charge in [-0.1, -0.05) is 24.6 Å². The Kier molecular flexibility index (Phi) is 6.62. The maximum absolute atomic E-state index is 12.9. The van der Waals surface area contributed by atoms with Gasteiger partial charge in [-0.25, -0.2) is 13.2 Å². The molecule has 33 heavy (non-hydrogen) atoms. The molecule has 0 amide bonds. The van der Waals surface area contributed by atoms with Gasteiger partial charge in [0.15, 0.2) is 6.10 Å². The molecule has 3 aromatic rings. The van der Waals surface area contributed by atoms with E-state index in [1.165, 1.54) is 28.6 Å². The standard InChI is InChI=1S/C24H27N3O5S/c1-16-11-13-27(14-12-16)33(29,30)21-9-7-19(8-10-21)24(28)31-18(3)22-25-26-23(32-22)20-6-4-5-17(2)15-20/h4-10,15-16,18H,11-14H2,1-3H3. The number of rotatable bonds is 6.